The number of hydrogen-bond acceptors (Lipinski definition) is 7. The molecule has 0 spiro atoms. The Kier molecular flexibility index (Phi) is 5.80. The number of furan rings is 1. The van der Waals surface area contributed by atoms with Crippen LogP contribution in [0.3, 0.4) is 0 Å². The summed E-state index contributed by atoms with van der Waals surface area (Å²) in [5.74, 6) is 0.800. The van der Waals surface area contributed by atoms with Crippen LogP contribution in [0.1, 0.15) is 46.0 Å². The molecule has 0 radical (unpaired) electrons. The van der Waals surface area contributed by atoms with Gasteiger partial charge in [0.25, 0.3) is 0 Å². The number of thioether (sulfide) groups is 1. The third kappa shape index (κ3) is 4.27. The summed E-state index contributed by atoms with van der Waals surface area (Å²) in [6.45, 7) is 0.502. The SMILES string of the molecule is COC(=O)c1ccc(CSc2nc(=O)n(Cc3ccncc3)c3c2CCCC3)o1. The fourth-order valence-corrected chi connectivity index (χ4v) is 4.48. The topological polar surface area (TPSA) is 87.2 Å². The van der Waals surface area contributed by atoms with Gasteiger partial charge >= 0.3 is 11.7 Å². The Hall–Kier alpha value is -2.87. The molecule has 0 saturated heterocycles. The lowest BCUT2D eigenvalue weighted by Crippen LogP contribution is -2.30. The van der Waals surface area contributed by atoms with Crippen LogP contribution >= 0.6 is 11.8 Å². The predicted molar refractivity (Wildman–Crippen MR) is 108 cm³/mol. The fraction of sp³-hybridized carbons (Fsp3) is 0.333. The van der Waals surface area contributed by atoms with Crippen LogP contribution < -0.4 is 5.69 Å². The third-order valence-corrected chi connectivity index (χ3v) is 5.98. The van der Waals surface area contributed by atoms with Gasteiger partial charge in [-0.1, -0.05) is 11.8 Å². The number of ether oxygens (including phenoxy) is 1. The number of rotatable bonds is 6. The van der Waals surface area contributed by atoms with Crippen molar-refractivity contribution in [2.45, 2.75) is 43.0 Å². The average Bonchev–Trinajstić information content (AvgIpc) is 3.24. The first-order valence-corrected chi connectivity index (χ1v) is 10.5. The molecule has 4 rings (SSSR count). The van der Waals surface area contributed by atoms with Crippen molar-refractivity contribution in [3.63, 3.8) is 0 Å². The standard InChI is InChI=1S/C21H21N3O4S/c1-27-20(25)18-7-6-15(28-18)13-29-19-16-4-2-3-5-17(16)24(21(26)23-19)12-14-8-10-22-11-9-14/h6-11H,2-5,12-13H2,1H3. The average molecular weight is 411 g/mol. The number of fused-ring (bicyclic) bond motifs is 1. The lowest BCUT2D eigenvalue weighted by Gasteiger charge is -2.22. The molecule has 0 aliphatic heterocycles. The highest BCUT2D eigenvalue weighted by Gasteiger charge is 2.21. The van der Waals surface area contributed by atoms with E-state index >= 15 is 0 Å². The smallest absolute Gasteiger partial charge is 0.373 e. The van der Waals surface area contributed by atoms with Crippen LogP contribution in [-0.2, 0) is 29.9 Å². The first-order chi connectivity index (χ1) is 14.2. The van der Waals surface area contributed by atoms with Crippen molar-refractivity contribution in [2.75, 3.05) is 7.11 Å². The zero-order valence-electron chi connectivity index (χ0n) is 16.1. The zero-order valence-corrected chi connectivity index (χ0v) is 16.9. The van der Waals surface area contributed by atoms with E-state index in [9.17, 15) is 9.59 Å². The maximum absolute atomic E-state index is 12.8. The van der Waals surface area contributed by atoms with E-state index in [0.29, 0.717) is 18.1 Å². The van der Waals surface area contributed by atoms with E-state index in [4.69, 9.17) is 4.42 Å². The number of carbonyl (C=O) groups is 1. The highest BCUT2D eigenvalue weighted by molar-refractivity contribution is 7.98. The van der Waals surface area contributed by atoms with Gasteiger partial charge < -0.3 is 9.15 Å². The molecule has 1 aliphatic carbocycles. The van der Waals surface area contributed by atoms with Crippen molar-refractivity contribution in [1.29, 1.82) is 0 Å². The number of nitrogens with zero attached hydrogens (tertiary/aromatic N) is 3. The lowest BCUT2D eigenvalue weighted by atomic mass is 9.97. The van der Waals surface area contributed by atoms with E-state index in [1.165, 1.54) is 18.9 Å². The molecule has 8 heteroatoms. The van der Waals surface area contributed by atoms with Gasteiger partial charge in [-0.3, -0.25) is 9.55 Å². The molecule has 0 saturated carbocycles. The van der Waals surface area contributed by atoms with Gasteiger partial charge in [0, 0.05) is 23.7 Å². The summed E-state index contributed by atoms with van der Waals surface area (Å²) < 4.78 is 12.0. The van der Waals surface area contributed by atoms with Gasteiger partial charge in [-0.15, -0.1) is 0 Å². The molecule has 0 atom stereocenters. The summed E-state index contributed by atoms with van der Waals surface area (Å²) in [6, 6.07) is 7.17. The van der Waals surface area contributed by atoms with Crippen molar-refractivity contribution in [3.8, 4) is 0 Å². The van der Waals surface area contributed by atoms with Gasteiger partial charge in [-0.2, -0.15) is 4.98 Å². The Bertz CT molecular complexity index is 1080. The molecule has 0 N–H and O–H groups in total. The van der Waals surface area contributed by atoms with Crippen LogP contribution in [-0.4, -0.2) is 27.6 Å². The first-order valence-electron chi connectivity index (χ1n) is 9.47. The van der Waals surface area contributed by atoms with Crippen molar-refractivity contribution in [2.24, 2.45) is 0 Å². The van der Waals surface area contributed by atoms with Crippen LogP contribution in [0.15, 0.2) is 50.9 Å². The molecule has 3 aromatic heterocycles. The summed E-state index contributed by atoms with van der Waals surface area (Å²) >= 11 is 1.47. The van der Waals surface area contributed by atoms with Crippen LogP contribution in [0, 0.1) is 0 Å². The molecule has 1 aliphatic rings. The molecular weight excluding hydrogens is 390 g/mol. The van der Waals surface area contributed by atoms with E-state index in [0.717, 1.165) is 47.5 Å². The number of aromatic nitrogens is 3. The number of hydrogen-bond donors (Lipinski definition) is 0. The number of carbonyl (C=O) groups excluding carboxylic acids is 1. The van der Waals surface area contributed by atoms with Crippen molar-refractivity contribution >= 4 is 17.7 Å². The van der Waals surface area contributed by atoms with E-state index < -0.39 is 5.97 Å². The Morgan fingerprint density at radius 3 is 2.79 bits per heavy atom. The molecule has 0 fully saturated rings. The number of pyridine rings is 1. The summed E-state index contributed by atoms with van der Waals surface area (Å²) in [5, 5.41) is 0.756. The van der Waals surface area contributed by atoms with Gasteiger partial charge in [0.1, 0.15) is 10.8 Å². The minimum absolute atomic E-state index is 0.172. The first kappa shape index (κ1) is 19.4. The van der Waals surface area contributed by atoms with Gasteiger partial charge in [-0.25, -0.2) is 9.59 Å². The maximum Gasteiger partial charge on any atom is 0.373 e. The van der Waals surface area contributed by atoms with Gasteiger partial charge in [-0.05, 0) is 55.5 Å². The van der Waals surface area contributed by atoms with Crippen LogP contribution in [0.2, 0.25) is 0 Å². The van der Waals surface area contributed by atoms with Gasteiger partial charge in [0.15, 0.2) is 0 Å². The zero-order chi connectivity index (χ0) is 20.2. The van der Waals surface area contributed by atoms with E-state index in [2.05, 4.69) is 14.7 Å². The second-order valence-corrected chi connectivity index (χ2v) is 7.78. The minimum atomic E-state index is -0.504. The van der Waals surface area contributed by atoms with Gasteiger partial charge in [0.05, 0.1) is 19.4 Å². The predicted octanol–water partition coefficient (Wildman–Crippen LogP) is 3.24. The summed E-state index contributed by atoms with van der Waals surface area (Å²) in [5.41, 5.74) is 3.02. The largest absolute Gasteiger partial charge is 0.463 e. The molecule has 29 heavy (non-hydrogen) atoms. The maximum atomic E-state index is 12.8. The highest BCUT2D eigenvalue weighted by Crippen LogP contribution is 2.31. The van der Waals surface area contributed by atoms with E-state index in [1.807, 2.05) is 12.1 Å². The molecule has 3 aromatic rings. The van der Waals surface area contributed by atoms with Crippen LogP contribution in [0.5, 0.6) is 0 Å². The molecule has 0 amide bonds. The second kappa shape index (κ2) is 8.65. The Morgan fingerprint density at radius 2 is 2.00 bits per heavy atom. The Balaban J connectivity index is 1.59. The van der Waals surface area contributed by atoms with E-state index in [-0.39, 0.29) is 11.4 Å². The monoisotopic (exact) mass is 411 g/mol. The minimum Gasteiger partial charge on any atom is -0.463 e. The van der Waals surface area contributed by atoms with Crippen LogP contribution in [0.4, 0.5) is 0 Å². The molecule has 3 heterocycles. The van der Waals surface area contributed by atoms with Crippen LogP contribution in [0.25, 0.3) is 0 Å². The van der Waals surface area contributed by atoms with Crippen molar-refractivity contribution < 1.29 is 13.9 Å². The van der Waals surface area contributed by atoms with Crippen molar-refractivity contribution in [1.82, 2.24) is 14.5 Å². The molecular formula is C21H21N3O4S. The molecule has 0 aromatic carbocycles. The quantitative estimate of drug-likeness (QED) is 0.350. The van der Waals surface area contributed by atoms with E-state index in [1.54, 1.807) is 29.1 Å². The highest BCUT2D eigenvalue weighted by atomic mass is 32.2. The second-order valence-electron chi connectivity index (χ2n) is 6.82. The Labute approximate surface area is 172 Å². The summed E-state index contributed by atoms with van der Waals surface area (Å²) in [6.07, 6.45) is 7.40. The molecule has 0 unspecified atom stereocenters. The molecule has 7 nitrogen and oxygen atoms in total. The summed E-state index contributed by atoms with van der Waals surface area (Å²) in [4.78, 5) is 32.8. The summed E-state index contributed by atoms with van der Waals surface area (Å²) in [7, 11) is 1.32. The normalized spacial score (nSPS) is 13.1. The molecule has 0 bridgehead atoms. The third-order valence-electron chi connectivity index (χ3n) is 4.94. The number of esters is 1. The van der Waals surface area contributed by atoms with Gasteiger partial charge in [0.2, 0.25) is 5.76 Å². The molecule has 150 valence electrons. The Morgan fingerprint density at radius 1 is 1.21 bits per heavy atom. The van der Waals surface area contributed by atoms with Crippen molar-refractivity contribution in [3.05, 3.63) is 75.5 Å². The fourth-order valence-electron chi connectivity index (χ4n) is 3.51. The lowest BCUT2D eigenvalue weighted by molar-refractivity contribution is 0.0563. The number of methoxy groups -OCH3 is 1.